The van der Waals surface area contributed by atoms with Crippen LogP contribution in [-0.2, 0) is 19.1 Å². The van der Waals surface area contributed by atoms with E-state index < -0.39 is 23.1 Å². The Kier molecular flexibility index (Phi) is 38.8. The van der Waals surface area contributed by atoms with E-state index in [0.29, 0.717) is 0 Å². The molecule has 2 unspecified atom stereocenters. The van der Waals surface area contributed by atoms with Gasteiger partial charge in [-0.05, 0) is 65.2 Å². The monoisotopic (exact) mass is 717 g/mol. The predicted molar refractivity (Wildman–Crippen MR) is 220 cm³/mol. The van der Waals surface area contributed by atoms with Crippen LogP contribution in [0.5, 0.6) is 0 Å². The Morgan fingerprint density at radius 3 is 0.720 bits per heavy atom. The Labute approximate surface area is 336 Å². The van der Waals surface area contributed by atoms with Crippen LogP contribution >= 0.6 is 0 Å². The van der Waals surface area contributed by atoms with E-state index in [0.717, 1.165) is 51.4 Å². The van der Waals surface area contributed by atoms with E-state index in [1.807, 2.05) is 0 Å². The van der Waals surface area contributed by atoms with Crippen LogP contribution in [0.2, 0.25) is 0 Å². The molecule has 0 aromatic carbocycles. The van der Waals surface area contributed by atoms with Crippen molar-refractivity contribution in [2.75, 3.05) is 0 Å². The maximum atomic E-state index is 13.2. The molecule has 0 radical (unpaired) electrons. The second-order valence-electron chi connectivity index (χ2n) is 16.2. The van der Waals surface area contributed by atoms with Crippen LogP contribution in [0.3, 0.4) is 0 Å². The molecule has 0 saturated heterocycles. The fraction of sp³-hybridized carbons (Fsp3) is 0.956. The Morgan fingerprint density at radius 2 is 0.520 bits per heavy atom. The van der Waals surface area contributed by atoms with Crippen molar-refractivity contribution in [1.82, 2.24) is 0 Å². The van der Waals surface area contributed by atoms with E-state index in [4.69, 9.17) is 9.47 Å². The number of esters is 2. The molecule has 0 rings (SSSR count). The Balaban J connectivity index is 0. The Bertz CT molecular complexity index is 683. The van der Waals surface area contributed by atoms with E-state index in [2.05, 4.69) is 41.5 Å². The summed E-state index contributed by atoms with van der Waals surface area (Å²) in [5, 5.41) is 0. The molecule has 0 aromatic heterocycles. The number of rotatable bonds is 38. The van der Waals surface area contributed by atoms with Crippen molar-refractivity contribution < 1.29 is 19.1 Å². The molecule has 0 N–H and O–H groups in total. The molecular formula is C45H89NaO4. The van der Waals surface area contributed by atoms with Crippen molar-refractivity contribution in [2.24, 2.45) is 0 Å². The summed E-state index contributed by atoms with van der Waals surface area (Å²) in [6, 6.07) is 0. The zero-order valence-electron chi connectivity index (χ0n) is 34.4. The van der Waals surface area contributed by atoms with Gasteiger partial charge in [0.15, 0.2) is 0 Å². The molecule has 0 fully saturated rings. The Hall–Kier alpha value is -0.0600. The first-order valence-electron chi connectivity index (χ1n) is 22.2. The average molecular weight is 717 g/mol. The first-order chi connectivity index (χ1) is 23.7. The van der Waals surface area contributed by atoms with E-state index in [1.165, 1.54) is 167 Å². The van der Waals surface area contributed by atoms with E-state index >= 15 is 0 Å². The van der Waals surface area contributed by atoms with Gasteiger partial charge in [-0.25, -0.2) is 0 Å². The zero-order chi connectivity index (χ0) is 36.3. The van der Waals surface area contributed by atoms with Crippen molar-refractivity contribution in [3.05, 3.63) is 0 Å². The third-order valence-electron chi connectivity index (χ3n) is 10.7. The normalized spacial score (nSPS) is 13.7. The summed E-state index contributed by atoms with van der Waals surface area (Å²) in [6.45, 7) is 13.2. The number of carbonyl (C=O) groups is 2. The number of ether oxygens (including phenoxy) is 2. The van der Waals surface area contributed by atoms with E-state index in [-0.39, 0.29) is 36.0 Å². The number of unbranched alkanes of at least 4 members (excludes halogenated alkanes) is 26. The van der Waals surface area contributed by atoms with Crippen LogP contribution in [-0.4, -0.2) is 52.7 Å². The third kappa shape index (κ3) is 33.8. The SMILES string of the molecule is CCCCCCCCCCCCC(C)(CCCCCCC)OC(=O)CC(=O)OC(C)(CCCCCCC)CCCCCCCCCCCC.[NaH]. The van der Waals surface area contributed by atoms with Gasteiger partial charge in [0.1, 0.15) is 17.6 Å². The first kappa shape index (κ1) is 52.0. The van der Waals surface area contributed by atoms with Gasteiger partial charge in [-0.15, -0.1) is 0 Å². The molecule has 50 heavy (non-hydrogen) atoms. The van der Waals surface area contributed by atoms with Crippen LogP contribution in [0.1, 0.15) is 266 Å². The topological polar surface area (TPSA) is 52.6 Å². The van der Waals surface area contributed by atoms with Crippen molar-refractivity contribution in [2.45, 2.75) is 277 Å². The molecule has 0 aliphatic heterocycles. The van der Waals surface area contributed by atoms with Crippen molar-refractivity contribution in [3.8, 4) is 0 Å². The standard InChI is InChI=1S/C45H88O4.Na.H/c1-7-11-15-19-21-23-25-27-31-35-39-44(5,37-33-29-17-13-9-3)48-42(46)41-43(47)49-45(6,38-34-30-18-14-10-4)40-36-32-28-26-24-22-20-16-12-8-2;;/h7-41H2,1-6H3;;. The molecule has 0 saturated carbocycles. The van der Waals surface area contributed by atoms with Crippen molar-refractivity contribution in [1.29, 1.82) is 0 Å². The molecule has 0 aliphatic carbocycles. The summed E-state index contributed by atoms with van der Waals surface area (Å²) in [5.41, 5.74) is -0.995. The van der Waals surface area contributed by atoms with Gasteiger partial charge in [0.05, 0.1) is 0 Å². The maximum absolute atomic E-state index is 13.2. The second-order valence-corrected chi connectivity index (χ2v) is 16.2. The molecule has 0 aliphatic rings. The zero-order valence-corrected chi connectivity index (χ0v) is 34.4. The number of hydrogen-bond acceptors (Lipinski definition) is 4. The minimum atomic E-state index is -0.498. The second kappa shape index (κ2) is 37.3. The molecule has 294 valence electrons. The van der Waals surface area contributed by atoms with Crippen LogP contribution in [0.15, 0.2) is 0 Å². The average Bonchev–Trinajstić information content (AvgIpc) is 3.06. The number of hydrogen-bond donors (Lipinski definition) is 0. The quantitative estimate of drug-likeness (QED) is 0.0276. The first-order valence-corrected chi connectivity index (χ1v) is 22.2. The van der Waals surface area contributed by atoms with Gasteiger partial charge in [-0.3, -0.25) is 9.59 Å². The van der Waals surface area contributed by atoms with Gasteiger partial charge in [0.2, 0.25) is 0 Å². The molecule has 4 nitrogen and oxygen atoms in total. The molecule has 0 bridgehead atoms. The fourth-order valence-corrected chi connectivity index (χ4v) is 7.37. The van der Waals surface area contributed by atoms with Gasteiger partial charge in [-0.2, -0.15) is 0 Å². The van der Waals surface area contributed by atoms with Crippen LogP contribution in [0.25, 0.3) is 0 Å². The molecule has 0 heterocycles. The molecule has 2 atom stereocenters. The molecular weight excluding hydrogens is 627 g/mol. The summed E-state index contributed by atoms with van der Waals surface area (Å²) < 4.78 is 12.3. The van der Waals surface area contributed by atoms with E-state index in [9.17, 15) is 9.59 Å². The van der Waals surface area contributed by atoms with Gasteiger partial charge in [0.25, 0.3) is 0 Å². The van der Waals surface area contributed by atoms with Crippen molar-refractivity contribution in [3.63, 3.8) is 0 Å². The fourth-order valence-electron chi connectivity index (χ4n) is 7.37. The summed E-state index contributed by atoms with van der Waals surface area (Å²) >= 11 is 0. The van der Waals surface area contributed by atoms with Crippen LogP contribution < -0.4 is 0 Å². The summed E-state index contributed by atoms with van der Waals surface area (Å²) in [4.78, 5) is 26.5. The summed E-state index contributed by atoms with van der Waals surface area (Å²) in [6.07, 6.45) is 41.1. The van der Waals surface area contributed by atoms with Gasteiger partial charge >= 0.3 is 41.5 Å². The minimum absolute atomic E-state index is 0. The van der Waals surface area contributed by atoms with Crippen LogP contribution in [0, 0.1) is 0 Å². The van der Waals surface area contributed by atoms with Gasteiger partial charge in [-0.1, -0.05) is 195 Å². The van der Waals surface area contributed by atoms with Gasteiger partial charge < -0.3 is 9.47 Å². The van der Waals surface area contributed by atoms with Crippen LogP contribution in [0.4, 0.5) is 0 Å². The summed E-state index contributed by atoms with van der Waals surface area (Å²) in [7, 11) is 0. The number of carbonyl (C=O) groups excluding carboxylic acids is 2. The van der Waals surface area contributed by atoms with Crippen molar-refractivity contribution >= 4 is 41.5 Å². The molecule has 0 amide bonds. The summed E-state index contributed by atoms with van der Waals surface area (Å²) in [5.74, 6) is -0.810. The molecule has 0 spiro atoms. The van der Waals surface area contributed by atoms with E-state index in [1.54, 1.807) is 0 Å². The predicted octanol–water partition coefficient (Wildman–Crippen LogP) is 14.7. The Morgan fingerprint density at radius 1 is 0.340 bits per heavy atom. The molecule has 5 heteroatoms. The molecule has 0 aromatic rings. The third-order valence-corrected chi connectivity index (χ3v) is 10.7. The van der Waals surface area contributed by atoms with Gasteiger partial charge in [0, 0.05) is 0 Å².